The number of benzene rings is 1. The molecule has 3 aliphatic heterocycles. The first-order valence-electron chi connectivity index (χ1n) is 8.96. The highest BCUT2D eigenvalue weighted by Gasteiger charge is 2.65. The Morgan fingerprint density at radius 1 is 1.19 bits per heavy atom. The van der Waals surface area contributed by atoms with Gasteiger partial charge in [-0.15, -0.1) is 0 Å². The second-order valence-corrected chi connectivity index (χ2v) is 6.83. The van der Waals surface area contributed by atoms with Gasteiger partial charge in [-0.2, -0.15) is 0 Å². The number of carbonyl (C=O) groups excluding carboxylic acids is 2. The average Bonchev–Trinajstić information content (AvgIpc) is 3.42. The summed E-state index contributed by atoms with van der Waals surface area (Å²) in [5.74, 6) is -2.93. The van der Waals surface area contributed by atoms with Gasteiger partial charge in [0.15, 0.2) is 30.4 Å². The maximum atomic E-state index is 15.6. The molecule has 1 N–H and O–H groups in total. The van der Waals surface area contributed by atoms with Crippen LogP contribution in [-0.4, -0.2) is 53.1 Å². The third-order valence-electron chi connectivity index (χ3n) is 4.91. The van der Waals surface area contributed by atoms with E-state index in [1.54, 1.807) is 0 Å². The zero-order chi connectivity index (χ0) is 21.8. The first-order chi connectivity index (χ1) is 14.8. The molecule has 1 aromatic carbocycles. The molecule has 31 heavy (non-hydrogen) atoms. The van der Waals surface area contributed by atoms with Crippen LogP contribution in [0.3, 0.4) is 0 Å². The van der Waals surface area contributed by atoms with Gasteiger partial charge in [0.2, 0.25) is 12.9 Å². The molecule has 162 valence electrons. The lowest BCUT2D eigenvalue weighted by molar-refractivity contribution is -0.211. The van der Waals surface area contributed by atoms with Gasteiger partial charge in [0.05, 0.1) is 5.56 Å². The highest BCUT2D eigenvalue weighted by atomic mass is 19.2. The molecule has 0 bridgehead atoms. The van der Waals surface area contributed by atoms with Crippen LogP contribution in [0.1, 0.15) is 16.6 Å². The molecule has 3 aliphatic rings. The highest BCUT2D eigenvalue weighted by Crippen LogP contribution is 2.45. The number of hydrogen-bond acceptors (Lipinski definition) is 10. The molecular formula is C18H13FN2O10. The SMILES string of the molecule is O=C1O[C@H]2[C@H](n3ccc(=O)[nH]c3=O)O[C@](F)(COC(=O)c3ccc4c(c3)OCO4)[C@H]2O1. The zero-order valence-electron chi connectivity index (χ0n) is 15.4. The molecule has 2 saturated heterocycles. The minimum atomic E-state index is -2.82. The summed E-state index contributed by atoms with van der Waals surface area (Å²) in [5.41, 5.74) is -1.53. The van der Waals surface area contributed by atoms with E-state index in [0.717, 1.165) is 16.8 Å². The molecule has 12 nitrogen and oxygen atoms in total. The van der Waals surface area contributed by atoms with Crippen molar-refractivity contribution in [3.8, 4) is 11.5 Å². The van der Waals surface area contributed by atoms with Crippen molar-refractivity contribution in [3.63, 3.8) is 0 Å². The van der Waals surface area contributed by atoms with Crippen molar-refractivity contribution >= 4 is 12.1 Å². The topological polar surface area (TPSA) is 144 Å². The third-order valence-corrected chi connectivity index (χ3v) is 4.91. The van der Waals surface area contributed by atoms with Crippen molar-refractivity contribution in [2.24, 2.45) is 0 Å². The summed E-state index contributed by atoms with van der Waals surface area (Å²) >= 11 is 0. The van der Waals surface area contributed by atoms with Gasteiger partial charge in [-0.25, -0.2) is 18.8 Å². The normalized spacial score (nSPS) is 28.0. The second-order valence-electron chi connectivity index (χ2n) is 6.83. The van der Waals surface area contributed by atoms with Crippen LogP contribution < -0.4 is 20.7 Å². The van der Waals surface area contributed by atoms with Crippen LogP contribution in [0.5, 0.6) is 11.5 Å². The first-order valence-corrected chi connectivity index (χ1v) is 8.96. The largest absolute Gasteiger partial charge is 0.509 e. The number of halogens is 1. The first kappa shape index (κ1) is 19.1. The third kappa shape index (κ3) is 3.18. The van der Waals surface area contributed by atoms with Gasteiger partial charge in [0.1, 0.15) is 0 Å². The van der Waals surface area contributed by atoms with Crippen LogP contribution in [0.4, 0.5) is 9.18 Å². The Morgan fingerprint density at radius 2 is 2.00 bits per heavy atom. The maximum absolute atomic E-state index is 15.6. The Morgan fingerprint density at radius 3 is 2.81 bits per heavy atom. The molecule has 4 heterocycles. The average molecular weight is 436 g/mol. The Balaban J connectivity index is 1.37. The lowest BCUT2D eigenvalue weighted by atomic mass is 10.1. The molecule has 13 heteroatoms. The fourth-order valence-electron chi connectivity index (χ4n) is 3.48. The highest BCUT2D eigenvalue weighted by molar-refractivity contribution is 5.90. The van der Waals surface area contributed by atoms with Crippen molar-refractivity contribution in [2.75, 3.05) is 13.4 Å². The monoisotopic (exact) mass is 436 g/mol. The molecule has 5 rings (SSSR count). The molecule has 1 aromatic heterocycles. The Hall–Kier alpha value is -3.87. The Labute approximate surface area is 171 Å². The number of nitrogens with one attached hydrogen (secondary N) is 1. The van der Waals surface area contributed by atoms with E-state index >= 15 is 4.39 Å². The van der Waals surface area contributed by atoms with Crippen LogP contribution >= 0.6 is 0 Å². The molecule has 2 aromatic rings. The van der Waals surface area contributed by atoms with E-state index in [2.05, 4.69) is 0 Å². The summed E-state index contributed by atoms with van der Waals surface area (Å²) in [6.07, 6.45) is -4.56. The number of H-pyrrole nitrogens is 1. The van der Waals surface area contributed by atoms with Gasteiger partial charge in [0.25, 0.3) is 11.4 Å². The second kappa shape index (κ2) is 6.84. The van der Waals surface area contributed by atoms with E-state index in [4.69, 9.17) is 28.4 Å². The number of carbonyl (C=O) groups is 2. The Kier molecular flexibility index (Phi) is 4.22. The number of esters is 1. The predicted molar refractivity (Wildman–Crippen MR) is 93.3 cm³/mol. The molecule has 0 aliphatic carbocycles. The summed E-state index contributed by atoms with van der Waals surface area (Å²) in [5, 5.41) is 0. The van der Waals surface area contributed by atoms with Crippen LogP contribution in [0.2, 0.25) is 0 Å². The number of rotatable bonds is 4. The van der Waals surface area contributed by atoms with Crippen LogP contribution in [0.15, 0.2) is 40.1 Å². The molecule has 0 saturated carbocycles. The predicted octanol–water partition coefficient (Wildman–Crippen LogP) is 0.221. The van der Waals surface area contributed by atoms with Crippen molar-refractivity contribution in [3.05, 3.63) is 56.9 Å². The number of alkyl halides is 1. The van der Waals surface area contributed by atoms with E-state index in [0.29, 0.717) is 11.5 Å². The van der Waals surface area contributed by atoms with Crippen molar-refractivity contribution in [2.45, 2.75) is 24.3 Å². The number of aromatic amines is 1. The van der Waals surface area contributed by atoms with Gasteiger partial charge >= 0.3 is 17.8 Å². The minimum Gasteiger partial charge on any atom is -0.456 e. The van der Waals surface area contributed by atoms with Crippen molar-refractivity contribution < 1.29 is 42.4 Å². The van der Waals surface area contributed by atoms with E-state index in [-0.39, 0.29) is 12.4 Å². The molecule has 2 fully saturated rings. The summed E-state index contributed by atoms with van der Waals surface area (Å²) in [6.45, 7) is -0.956. The fourth-order valence-corrected chi connectivity index (χ4v) is 3.48. The van der Waals surface area contributed by atoms with Crippen LogP contribution in [0, 0.1) is 0 Å². The van der Waals surface area contributed by atoms with Gasteiger partial charge in [-0.1, -0.05) is 0 Å². The molecule has 0 spiro atoms. The Bertz CT molecular complexity index is 1190. The lowest BCUT2D eigenvalue weighted by Crippen LogP contribution is -2.42. The van der Waals surface area contributed by atoms with E-state index in [9.17, 15) is 19.2 Å². The summed E-state index contributed by atoms with van der Waals surface area (Å²) in [6, 6.07) is 5.28. The number of aromatic nitrogens is 2. The van der Waals surface area contributed by atoms with Gasteiger partial charge in [0, 0.05) is 12.3 Å². The number of nitrogens with zero attached hydrogens (tertiary/aromatic N) is 1. The van der Waals surface area contributed by atoms with Gasteiger partial charge in [-0.3, -0.25) is 14.3 Å². The molecule has 0 amide bonds. The van der Waals surface area contributed by atoms with Crippen molar-refractivity contribution in [1.82, 2.24) is 9.55 Å². The van der Waals surface area contributed by atoms with Gasteiger partial charge in [-0.05, 0) is 18.2 Å². The van der Waals surface area contributed by atoms with Crippen molar-refractivity contribution in [1.29, 1.82) is 0 Å². The molecular weight excluding hydrogens is 423 g/mol. The number of ether oxygens (including phenoxy) is 6. The van der Waals surface area contributed by atoms with E-state index in [1.165, 1.54) is 18.2 Å². The van der Waals surface area contributed by atoms with Crippen LogP contribution in [-0.2, 0) is 18.9 Å². The van der Waals surface area contributed by atoms with Crippen LogP contribution in [0.25, 0.3) is 0 Å². The molecule has 4 atom stereocenters. The fraction of sp³-hybridized carbons (Fsp3) is 0.333. The summed E-state index contributed by atoms with van der Waals surface area (Å²) in [7, 11) is 0. The summed E-state index contributed by atoms with van der Waals surface area (Å²) < 4.78 is 46.8. The van der Waals surface area contributed by atoms with E-state index < -0.39 is 54.3 Å². The maximum Gasteiger partial charge on any atom is 0.509 e. The zero-order valence-corrected chi connectivity index (χ0v) is 15.4. The quantitative estimate of drug-likeness (QED) is 0.661. The van der Waals surface area contributed by atoms with E-state index in [1.807, 2.05) is 4.98 Å². The summed E-state index contributed by atoms with van der Waals surface area (Å²) in [4.78, 5) is 49.3. The minimum absolute atomic E-state index is 0.00914. The molecule has 0 radical (unpaired) electrons. The smallest absolute Gasteiger partial charge is 0.456 e. The molecule has 0 unspecified atom stereocenters. The number of hydrogen-bond donors (Lipinski definition) is 1. The lowest BCUT2D eigenvalue weighted by Gasteiger charge is -2.23. The number of fused-ring (bicyclic) bond motifs is 2. The van der Waals surface area contributed by atoms with Gasteiger partial charge < -0.3 is 28.4 Å². The standard InChI is InChI=1S/C18H13FN2O10/c19-18(6-26-15(23)8-1-2-9-10(5-8)28-7-27-9)13-12(29-17(25)30-13)14(31-18)21-4-3-11(22)20-16(21)24/h1-5,12-14H,6-7H2,(H,20,22,24)/t12-,13+,14-,18-/m1/s1.